The average molecular weight is 321 g/mol. The second-order valence-corrected chi connectivity index (χ2v) is 6.45. The maximum atomic E-state index is 12.5. The van der Waals surface area contributed by atoms with E-state index >= 15 is 0 Å². The summed E-state index contributed by atoms with van der Waals surface area (Å²) in [6.45, 7) is 6.66. The Morgan fingerprint density at radius 2 is 2.04 bits per heavy atom. The first-order valence-electron chi connectivity index (χ1n) is 7.64. The van der Waals surface area contributed by atoms with Crippen LogP contribution in [0.4, 0.5) is 5.69 Å². The van der Waals surface area contributed by atoms with Crippen molar-refractivity contribution in [1.82, 2.24) is 5.32 Å². The van der Waals surface area contributed by atoms with Crippen molar-refractivity contribution in [2.75, 3.05) is 6.61 Å². The van der Waals surface area contributed by atoms with Gasteiger partial charge in [0.05, 0.1) is 11.0 Å². The predicted molar refractivity (Wildman–Crippen MR) is 85.7 cm³/mol. The van der Waals surface area contributed by atoms with Crippen LogP contribution in [0.15, 0.2) is 24.3 Å². The number of nitro benzene ring substituents is 1. The van der Waals surface area contributed by atoms with Gasteiger partial charge in [0.1, 0.15) is 5.54 Å². The van der Waals surface area contributed by atoms with Gasteiger partial charge in [-0.25, -0.2) is 0 Å². The first-order valence-corrected chi connectivity index (χ1v) is 7.64. The fourth-order valence-corrected chi connectivity index (χ4v) is 2.90. The van der Waals surface area contributed by atoms with E-state index in [1.165, 1.54) is 12.1 Å². The summed E-state index contributed by atoms with van der Waals surface area (Å²) < 4.78 is 5.61. The summed E-state index contributed by atoms with van der Waals surface area (Å²) in [6.07, 6.45) is 0.461. The van der Waals surface area contributed by atoms with Crippen LogP contribution in [0.25, 0.3) is 0 Å². The number of nitrogens with zero attached hydrogens (tertiary/aromatic N) is 1. The largest absolute Gasteiger partial charge is 0.378 e. The highest BCUT2D eigenvalue weighted by molar-refractivity contribution is 5.88. The topological polar surface area (TPSA) is 107 Å². The molecule has 0 bridgehead atoms. The summed E-state index contributed by atoms with van der Waals surface area (Å²) >= 11 is 0. The quantitative estimate of drug-likeness (QED) is 0.613. The van der Waals surface area contributed by atoms with Crippen LogP contribution in [0.3, 0.4) is 0 Å². The fourth-order valence-electron chi connectivity index (χ4n) is 2.90. The molecule has 1 aromatic rings. The van der Waals surface area contributed by atoms with Crippen molar-refractivity contribution < 1.29 is 14.5 Å². The lowest BCUT2D eigenvalue weighted by Gasteiger charge is -2.57. The lowest BCUT2D eigenvalue weighted by atomic mass is 9.54. The van der Waals surface area contributed by atoms with Gasteiger partial charge in [-0.3, -0.25) is 14.9 Å². The zero-order valence-electron chi connectivity index (χ0n) is 13.7. The molecule has 0 heterocycles. The summed E-state index contributed by atoms with van der Waals surface area (Å²) in [4.78, 5) is 22.6. The molecule has 0 aromatic heterocycles. The van der Waals surface area contributed by atoms with Crippen molar-refractivity contribution in [2.24, 2.45) is 11.1 Å². The molecule has 23 heavy (non-hydrogen) atoms. The van der Waals surface area contributed by atoms with E-state index in [0.717, 1.165) is 5.56 Å². The molecule has 7 heteroatoms. The van der Waals surface area contributed by atoms with Gasteiger partial charge in [-0.2, -0.15) is 0 Å². The Morgan fingerprint density at radius 3 is 2.52 bits per heavy atom. The van der Waals surface area contributed by atoms with E-state index in [0.29, 0.717) is 13.0 Å². The summed E-state index contributed by atoms with van der Waals surface area (Å²) in [5.41, 5.74) is 5.69. The minimum absolute atomic E-state index is 0.0232. The van der Waals surface area contributed by atoms with E-state index in [1.54, 1.807) is 12.1 Å². The van der Waals surface area contributed by atoms with Crippen LogP contribution < -0.4 is 11.1 Å². The van der Waals surface area contributed by atoms with Crippen LogP contribution in [-0.2, 0) is 16.1 Å². The van der Waals surface area contributed by atoms with Gasteiger partial charge < -0.3 is 15.8 Å². The molecule has 0 spiro atoms. The van der Waals surface area contributed by atoms with E-state index < -0.39 is 15.9 Å². The third-order valence-electron chi connectivity index (χ3n) is 4.84. The van der Waals surface area contributed by atoms with E-state index in [4.69, 9.17) is 10.5 Å². The molecule has 0 aliphatic heterocycles. The number of hydrogen-bond donors (Lipinski definition) is 2. The summed E-state index contributed by atoms with van der Waals surface area (Å²) in [6, 6.07) is 6.07. The van der Waals surface area contributed by atoms with Crippen LogP contribution in [0.2, 0.25) is 0 Å². The number of carbonyl (C=O) groups excluding carboxylic acids is 1. The van der Waals surface area contributed by atoms with Gasteiger partial charge in [-0.15, -0.1) is 0 Å². The van der Waals surface area contributed by atoms with Gasteiger partial charge in [-0.1, -0.05) is 26.0 Å². The second-order valence-electron chi connectivity index (χ2n) is 6.45. The molecule has 2 rings (SSSR count). The van der Waals surface area contributed by atoms with Crippen molar-refractivity contribution in [3.05, 3.63) is 39.9 Å². The molecule has 126 valence electrons. The number of carbonyl (C=O) groups is 1. The Kier molecular flexibility index (Phi) is 4.72. The minimum Gasteiger partial charge on any atom is -0.378 e. The van der Waals surface area contributed by atoms with E-state index in [1.807, 2.05) is 20.8 Å². The van der Waals surface area contributed by atoms with Gasteiger partial charge in [0.15, 0.2) is 0 Å². The second kappa shape index (κ2) is 6.25. The summed E-state index contributed by atoms with van der Waals surface area (Å²) in [5, 5.41) is 13.4. The van der Waals surface area contributed by atoms with E-state index in [2.05, 4.69) is 5.32 Å². The molecule has 2 atom stereocenters. The first-order chi connectivity index (χ1) is 10.7. The van der Waals surface area contributed by atoms with Crippen molar-refractivity contribution >= 4 is 11.6 Å². The van der Waals surface area contributed by atoms with Gasteiger partial charge in [0, 0.05) is 37.1 Å². The zero-order valence-corrected chi connectivity index (χ0v) is 13.7. The van der Waals surface area contributed by atoms with Crippen molar-refractivity contribution in [1.29, 1.82) is 0 Å². The third-order valence-corrected chi connectivity index (χ3v) is 4.84. The highest BCUT2D eigenvalue weighted by Gasteiger charge is 2.62. The molecule has 1 saturated carbocycles. The van der Waals surface area contributed by atoms with Gasteiger partial charge >= 0.3 is 0 Å². The number of nitrogens with one attached hydrogen (secondary N) is 1. The first kappa shape index (κ1) is 17.4. The Labute approximate surface area is 135 Å². The van der Waals surface area contributed by atoms with Crippen LogP contribution >= 0.6 is 0 Å². The number of amides is 1. The smallest absolute Gasteiger partial charge is 0.269 e. The van der Waals surface area contributed by atoms with Crippen molar-refractivity contribution in [3.8, 4) is 0 Å². The standard InChI is InChI=1S/C16H23N3O4/c1-4-23-13-9-16(17,15(13,2)3)14(20)18-10-11-5-7-12(8-6-11)19(21)22/h5-8,13H,4,9-10,17H2,1-3H3,(H,18,20). The molecule has 1 aliphatic carbocycles. The molecule has 1 amide bonds. The Balaban J connectivity index is 1.96. The molecule has 0 saturated heterocycles. The number of ether oxygens (including phenoxy) is 1. The molecule has 1 aliphatic rings. The normalized spacial score (nSPS) is 25.5. The maximum Gasteiger partial charge on any atom is 0.269 e. The van der Waals surface area contributed by atoms with Crippen LogP contribution in [0.5, 0.6) is 0 Å². The number of nitrogens with two attached hydrogens (primary N) is 1. The molecule has 2 unspecified atom stereocenters. The molecular weight excluding hydrogens is 298 g/mol. The molecule has 3 N–H and O–H groups in total. The molecule has 0 radical (unpaired) electrons. The molecule has 1 fully saturated rings. The zero-order chi connectivity index (χ0) is 17.3. The molecule has 1 aromatic carbocycles. The number of rotatable bonds is 6. The minimum atomic E-state index is -0.965. The Hall–Kier alpha value is -1.99. The third kappa shape index (κ3) is 3.07. The van der Waals surface area contributed by atoms with Gasteiger partial charge in [0.2, 0.25) is 5.91 Å². The Bertz CT molecular complexity index is 600. The lowest BCUT2D eigenvalue weighted by molar-refractivity contribution is -0.384. The lowest BCUT2D eigenvalue weighted by Crippen LogP contribution is -2.75. The SMILES string of the molecule is CCOC1CC(N)(C(=O)NCc2ccc([N+](=O)[O-])cc2)C1(C)C. The highest BCUT2D eigenvalue weighted by Crippen LogP contribution is 2.49. The number of nitro groups is 1. The van der Waals surface area contributed by atoms with Crippen LogP contribution in [0, 0.1) is 15.5 Å². The highest BCUT2D eigenvalue weighted by atomic mass is 16.6. The van der Waals surface area contributed by atoms with Crippen LogP contribution in [-0.4, -0.2) is 29.1 Å². The fraction of sp³-hybridized carbons (Fsp3) is 0.562. The van der Waals surface area contributed by atoms with E-state index in [9.17, 15) is 14.9 Å². The Morgan fingerprint density at radius 1 is 1.43 bits per heavy atom. The summed E-state index contributed by atoms with van der Waals surface area (Å²) in [7, 11) is 0. The van der Waals surface area contributed by atoms with E-state index in [-0.39, 0.29) is 24.2 Å². The predicted octanol–water partition coefficient (Wildman–Crippen LogP) is 1.74. The maximum absolute atomic E-state index is 12.5. The van der Waals surface area contributed by atoms with Crippen molar-refractivity contribution in [3.63, 3.8) is 0 Å². The van der Waals surface area contributed by atoms with Gasteiger partial charge in [-0.05, 0) is 12.5 Å². The molecular formula is C16H23N3O4. The summed E-state index contributed by atoms with van der Waals surface area (Å²) in [5.74, 6) is -0.225. The van der Waals surface area contributed by atoms with Crippen LogP contribution in [0.1, 0.15) is 32.8 Å². The number of hydrogen-bond acceptors (Lipinski definition) is 5. The molecule has 7 nitrogen and oxygen atoms in total. The van der Waals surface area contributed by atoms with Gasteiger partial charge in [0.25, 0.3) is 5.69 Å². The number of benzene rings is 1. The monoisotopic (exact) mass is 321 g/mol. The average Bonchev–Trinajstić information content (AvgIpc) is 2.52. The number of non-ortho nitro benzene ring substituents is 1. The van der Waals surface area contributed by atoms with Crippen molar-refractivity contribution in [2.45, 2.75) is 45.4 Å².